The first-order chi connectivity index (χ1) is 8.04. The molecule has 1 rings (SSSR count). The molecule has 1 aromatic rings. The molecule has 0 saturated heterocycles. The summed E-state index contributed by atoms with van der Waals surface area (Å²) in [4.78, 5) is 16.0. The normalized spacial score (nSPS) is 14.6. The topological polar surface area (TPSA) is 96.7 Å². The van der Waals surface area contributed by atoms with Crippen LogP contribution >= 0.6 is 0 Å². The highest BCUT2D eigenvalue weighted by Crippen LogP contribution is 2.13. The van der Waals surface area contributed by atoms with Crippen LogP contribution in [-0.4, -0.2) is 27.6 Å². The number of amides is 1. The Morgan fingerprint density at radius 3 is 2.71 bits per heavy atom. The molecule has 2 atom stereocenters. The van der Waals surface area contributed by atoms with E-state index in [1.165, 1.54) is 6.33 Å². The van der Waals surface area contributed by atoms with Gasteiger partial charge in [-0.1, -0.05) is 13.8 Å². The van der Waals surface area contributed by atoms with Crippen molar-refractivity contribution < 1.29 is 4.79 Å². The lowest BCUT2D eigenvalue weighted by molar-refractivity contribution is -0.125. The van der Waals surface area contributed by atoms with Crippen molar-refractivity contribution in [1.29, 1.82) is 0 Å². The lowest BCUT2D eigenvalue weighted by Crippen LogP contribution is -2.37. The summed E-state index contributed by atoms with van der Waals surface area (Å²) in [7, 11) is 0. The molecule has 17 heavy (non-hydrogen) atoms. The highest BCUT2D eigenvalue weighted by molar-refractivity contribution is 5.79. The van der Waals surface area contributed by atoms with Gasteiger partial charge in [-0.2, -0.15) is 5.10 Å². The lowest BCUT2D eigenvalue weighted by atomic mass is 9.96. The number of carbonyl (C=O) groups excluding carboxylic acids is 1. The molecular weight excluding hydrogens is 218 g/mol. The molecule has 6 heteroatoms. The van der Waals surface area contributed by atoms with Gasteiger partial charge in [-0.05, 0) is 19.3 Å². The highest BCUT2D eigenvalue weighted by Gasteiger charge is 2.20. The van der Waals surface area contributed by atoms with Gasteiger partial charge in [-0.3, -0.25) is 9.89 Å². The van der Waals surface area contributed by atoms with Gasteiger partial charge in [0.05, 0.1) is 12.0 Å². The number of nitrogens with zero attached hydrogens (tertiary/aromatic N) is 2. The molecule has 0 spiro atoms. The Morgan fingerprint density at radius 2 is 2.24 bits per heavy atom. The number of nitrogens with two attached hydrogens (primary N) is 1. The Hall–Kier alpha value is -1.43. The molecule has 0 aliphatic rings. The fraction of sp³-hybridized carbons (Fsp3) is 0.727. The Kier molecular flexibility index (Phi) is 5.09. The molecule has 0 bridgehead atoms. The molecule has 0 aliphatic heterocycles. The van der Waals surface area contributed by atoms with Gasteiger partial charge in [0.1, 0.15) is 12.2 Å². The summed E-state index contributed by atoms with van der Waals surface area (Å²) in [5.41, 5.74) is 5.62. The zero-order valence-electron chi connectivity index (χ0n) is 10.6. The van der Waals surface area contributed by atoms with Crippen LogP contribution in [0.1, 0.15) is 39.1 Å². The maximum Gasteiger partial charge on any atom is 0.224 e. The second-order valence-corrected chi connectivity index (χ2v) is 4.66. The first-order valence-electron chi connectivity index (χ1n) is 5.90. The third-order valence-electron chi connectivity index (χ3n) is 2.61. The van der Waals surface area contributed by atoms with Crippen LogP contribution in [0.5, 0.6) is 0 Å². The van der Waals surface area contributed by atoms with Crippen LogP contribution in [0, 0.1) is 11.8 Å². The second kappa shape index (κ2) is 6.34. The predicted octanol–water partition coefficient (Wildman–Crippen LogP) is 0.603. The van der Waals surface area contributed by atoms with Crippen molar-refractivity contribution in [2.75, 3.05) is 6.54 Å². The van der Waals surface area contributed by atoms with Crippen LogP contribution in [-0.2, 0) is 4.79 Å². The van der Waals surface area contributed by atoms with Crippen LogP contribution < -0.4 is 11.1 Å². The summed E-state index contributed by atoms with van der Waals surface area (Å²) in [6.45, 7) is 6.39. The van der Waals surface area contributed by atoms with Gasteiger partial charge in [0.25, 0.3) is 0 Å². The standard InChI is InChI=1S/C11H21N5O/c1-7(2)4-9(5-12)11(17)15-8(3)10-13-6-14-16-10/h6-9H,4-5,12H2,1-3H3,(H,15,17)(H,13,14,16). The fourth-order valence-corrected chi connectivity index (χ4v) is 1.70. The molecule has 1 amide bonds. The monoisotopic (exact) mass is 239 g/mol. The summed E-state index contributed by atoms with van der Waals surface area (Å²) in [6.07, 6.45) is 2.22. The lowest BCUT2D eigenvalue weighted by Gasteiger charge is -2.19. The van der Waals surface area contributed by atoms with Crippen molar-refractivity contribution in [3.05, 3.63) is 12.2 Å². The van der Waals surface area contributed by atoms with Gasteiger partial charge >= 0.3 is 0 Å². The molecule has 1 heterocycles. The zero-order chi connectivity index (χ0) is 12.8. The van der Waals surface area contributed by atoms with Crippen molar-refractivity contribution in [2.24, 2.45) is 17.6 Å². The molecule has 0 aromatic carbocycles. The third kappa shape index (κ3) is 4.14. The van der Waals surface area contributed by atoms with E-state index < -0.39 is 0 Å². The van der Waals surface area contributed by atoms with Crippen molar-refractivity contribution in [3.8, 4) is 0 Å². The van der Waals surface area contributed by atoms with E-state index in [-0.39, 0.29) is 17.9 Å². The summed E-state index contributed by atoms with van der Waals surface area (Å²) in [6, 6.07) is -0.175. The quantitative estimate of drug-likeness (QED) is 0.677. The van der Waals surface area contributed by atoms with Gasteiger partial charge in [-0.15, -0.1) is 0 Å². The van der Waals surface area contributed by atoms with Crippen molar-refractivity contribution in [2.45, 2.75) is 33.2 Å². The van der Waals surface area contributed by atoms with Crippen LogP contribution in [0.2, 0.25) is 0 Å². The molecule has 0 fully saturated rings. The summed E-state index contributed by atoms with van der Waals surface area (Å²) in [5.74, 6) is 0.944. The average Bonchev–Trinajstić information content (AvgIpc) is 2.78. The van der Waals surface area contributed by atoms with E-state index in [1.807, 2.05) is 6.92 Å². The first-order valence-corrected chi connectivity index (χ1v) is 5.90. The van der Waals surface area contributed by atoms with E-state index in [0.717, 1.165) is 6.42 Å². The van der Waals surface area contributed by atoms with Gasteiger partial charge in [0.2, 0.25) is 5.91 Å². The zero-order valence-corrected chi connectivity index (χ0v) is 10.6. The molecule has 0 aliphatic carbocycles. The minimum Gasteiger partial charge on any atom is -0.346 e. The highest BCUT2D eigenvalue weighted by atomic mass is 16.2. The van der Waals surface area contributed by atoms with Gasteiger partial charge < -0.3 is 11.1 Å². The minimum atomic E-state index is -0.175. The van der Waals surface area contributed by atoms with E-state index in [1.54, 1.807) is 0 Å². The van der Waals surface area contributed by atoms with Crippen LogP contribution in [0.4, 0.5) is 0 Å². The number of hydrogen-bond donors (Lipinski definition) is 3. The van der Waals surface area contributed by atoms with Crippen LogP contribution in [0.3, 0.4) is 0 Å². The maximum atomic E-state index is 12.0. The van der Waals surface area contributed by atoms with Gasteiger partial charge in [0.15, 0.2) is 0 Å². The maximum absolute atomic E-state index is 12.0. The number of carbonyl (C=O) groups is 1. The second-order valence-electron chi connectivity index (χ2n) is 4.66. The number of H-pyrrole nitrogens is 1. The Bertz CT molecular complexity index is 336. The van der Waals surface area contributed by atoms with Crippen molar-refractivity contribution in [1.82, 2.24) is 20.5 Å². The predicted molar refractivity (Wildman–Crippen MR) is 64.9 cm³/mol. The average molecular weight is 239 g/mol. The molecule has 1 aromatic heterocycles. The molecule has 96 valence electrons. The van der Waals surface area contributed by atoms with Crippen molar-refractivity contribution in [3.63, 3.8) is 0 Å². The Morgan fingerprint density at radius 1 is 1.53 bits per heavy atom. The Balaban J connectivity index is 2.52. The number of aromatic amines is 1. The summed E-state index contributed by atoms with van der Waals surface area (Å²) >= 11 is 0. The SMILES string of the molecule is CC(C)CC(CN)C(=O)NC(C)c1ncn[nH]1. The molecule has 6 nitrogen and oxygen atoms in total. The summed E-state index contributed by atoms with van der Waals surface area (Å²) < 4.78 is 0. The number of hydrogen-bond acceptors (Lipinski definition) is 4. The molecule has 0 radical (unpaired) electrons. The smallest absolute Gasteiger partial charge is 0.224 e. The number of aromatic nitrogens is 3. The number of nitrogens with one attached hydrogen (secondary N) is 2. The molecule has 2 unspecified atom stereocenters. The van der Waals surface area contributed by atoms with E-state index in [4.69, 9.17) is 5.73 Å². The van der Waals surface area contributed by atoms with E-state index >= 15 is 0 Å². The first kappa shape index (κ1) is 13.6. The summed E-state index contributed by atoms with van der Waals surface area (Å²) in [5, 5.41) is 9.37. The van der Waals surface area contributed by atoms with E-state index in [2.05, 4.69) is 34.3 Å². The van der Waals surface area contributed by atoms with Crippen molar-refractivity contribution >= 4 is 5.91 Å². The van der Waals surface area contributed by atoms with Crippen LogP contribution in [0.15, 0.2) is 6.33 Å². The van der Waals surface area contributed by atoms with Gasteiger partial charge in [-0.25, -0.2) is 4.98 Å². The van der Waals surface area contributed by atoms with Crippen LogP contribution in [0.25, 0.3) is 0 Å². The Labute approximate surface area is 101 Å². The van der Waals surface area contributed by atoms with Gasteiger partial charge in [0, 0.05) is 6.54 Å². The molecular formula is C11H21N5O. The number of rotatable bonds is 6. The molecule has 0 saturated carbocycles. The largest absolute Gasteiger partial charge is 0.346 e. The third-order valence-corrected chi connectivity index (χ3v) is 2.61. The van der Waals surface area contributed by atoms with E-state index in [9.17, 15) is 4.79 Å². The van der Waals surface area contributed by atoms with E-state index in [0.29, 0.717) is 18.3 Å². The molecule has 4 N–H and O–H groups in total. The fourth-order valence-electron chi connectivity index (χ4n) is 1.70. The minimum absolute atomic E-state index is 0.0231.